The largest absolute Gasteiger partial charge is 0.450 e. The molecule has 0 spiro atoms. The predicted octanol–water partition coefficient (Wildman–Crippen LogP) is 5.35. The van der Waals surface area contributed by atoms with Crippen molar-refractivity contribution >= 4 is 33.3 Å². The van der Waals surface area contributed by atoms with Gasteiger partial charge in [0, 0.05) is 6.42 Å². The number of hydrogen-bond acceptors (Lipinski definition) is 6. The lowest BCUT2D eigenvalue weighted by molar-refractivity contribution is 0.0970. The lowest BCUT2D eigenvalue weighted by atomic mass is 9.97. The number of nitrogens with zero attached hydrogens (tertiary/aromatic N) is 3. The molecule has 1 aliphatic heterocycles. The SMILES string of the molecule is Cc1cc2oc3c(c(=O)c2cc1C)[C@@H](c1ccc(F)cc1)N(c1nnc(CC(C)C)s1)C3=O. The van der Waals surface area contributed by atoms with E-state index in [4.69, 9.17) is 4.42 Å². The zero-order valence-corrected chi connectivity index (χ0v) is 19.5. The molecular formula is C25H22FN3O3S. The van der Waals surface area contributed by atoms with Gasteiger partial charge in [-0.2, -0.15) is 0 Å². The molecule has 33 heavy (non-hydrogen) atoms. The maximum absolute atomic E-state index is 13.7. The van der Waals surface area contributed by atoms with Crippen LogP contribution in [0.2, 0.25) is 0 Å². The summed E-state index contributed by atoms with van der Waals surface area (Å²) in [5.41, 5.74) is 2.85. The number of anilines is 1. The summed E-state index contributed by atoms with van der Waals surface area (Å²) in [6, 6.07) is 8.57. The monoisotopic (exact) mass is 463 g/mol. The third kappa shape index (κ3) is 3.54. The van der Waals surface area contributed by atoms with Crippen LogP contribution in [0.25, 0.3) is 11.0 Å². The molecule has 0 N–H and O–H groups in total. The predicted molar refractivity (Wildman–Crippen MR) is 125 cm³/mol. The maximum Gasteiger partial charge on any atom is 0.297 e. The van der Waals surface area contributed by atoms with Crippen LogP contribution in [0.4, 0.5) is 9.52 Å². The molecule has 8 heteroatoms. The maximum atomic E-state index is 13.7. The highest BCUT2D eigenvalue weighted by atomic mass is 32.1. The molecule has 2 aromatic carbocycles. The summed E-state index contributed by atoms with van der Waals surface area (Å²) in [5.74, 6) is -0.485. The van der Waals surface area contributed by atoms with Gasteiger partial charge < -0.3 is 4.42 Å². The molecule has 168 valence electrons. The van der Waals surface area contributed by atoms with E-state index >= 15 is 0 Å². The number of aryl methyl sites for hydroxylation is 2. The van der Waals surface area contributed by atoms with Crippen molar-refractivity contribution in [2.45, 2.75) is 40.2 Å². The molecule has 1 aliphatic rings. The Morgan fingerprint density at radius 3 is 2.48 bits per heavy atom. The second-order valence-electron chi connectivity index (χ2n) is 8.81. The van der Waals surface area contributed by atoms with Crippen molar-refractivity contribution in [1.29, 1.82) is 0 Å². The Morgan fingerprint density at radius 2 is 1.79 bits per heavy atom. The molecule has 1 atom stereocenters. The summed E-state index contributed by atoms with van der Waals surface area (Å²) in [7, 11) is 0. The molecule has 6 nitrogen and oxygen atoms in total. The van der Waals surface area contributed by atoms with Crippen LogP contribution in [0, 0.1) is 25.6 Å². The van der Waals surface area contributed by atoms with Crippen LogP contribution in [0.1, 0.15) is 57.7 Å². The summed E-state index contributed by atoms with van der Waals surface area (Å²) in [6.45, 7) is 8.01. The molecule has 2 aromatic heterocycles. The Labute approximate surface area is 193 Å². The van der Waals surface area contributed by atoms with Crippen LogP contribution in [-0.4, -0.2) is 16.1 Å². The molecule has 0 saturated carbocycles. The number of amides is 1. The molecule has 4 aromatic rings. The molecule has 0 fully saturated rings. The average molecular weight is 464 g/mol. The van der Waals surface area contributed by atoms with E-state index in [9.17, 15) is 14.0 Å². The molecule has 0 saturated heterocycles. The highest BCUT2D eigenvalue weighted by molar-refractivity contribution is 7.15. The summed E-state index contributed by atoms with van der Waals surface area (Å²) in [5, 5.41) is 10.1. The number of aromatic nitrogens is 2. The number of hydrogen-bond donors (Lipinski definition) is 0. The summed E-state index contributed by atoms with van der Waals surface area (Å²) < 4.78 is 19.7. The number of fused-ring (bicyclic) bond motifs is 2. The van der Waals surface area contributed by atoms with Gasteiger partial charge >= 0.3 is 0 Å². The minimum absolute atomic E-state index is 0.00862. The van der Waals surface area contributed by atoms with E-state index in [1.807, 2.05) is 13.8 Å². The van der Waals surface area contributed by atoms with E-state index in [2.05, 4.69) is 24.0 Å². The number of halogens is 1. The fourth-order valence-electron chi connectivity index (χ4n) is 4.16. The van der Waals surface area contributed by atoms with Crippen LogP contribution in [-0.2, 0) is 6.42 Å². The van der Waals surface area contributed by atoms with E-state index in [1.54, 1.807) is 24.3 Å². The van der Waals surface area contributed by atoms with Gasteiger partial charge in [0.1, 0.15) is 16.4 Å². The zero-order valence-electron chi connectivity index (χ0n) is 18.7. The first-order valence-electron chi connectivity index (χ1n) is 10.7. The van der Waals surface area contributed by atoms with Crippen LogP contribution in [0.5, 0.6) is 0 Å². The minimum atomic E-state index is -0.782. The van der Waals surface area contributed by atoms with Gasteiger partial charge in [-0.1, -0.05) is 37.3 Å². The molecule has 0 unspecified atom stereocenters. The number of carbonyl (C=O) groups excluding carboxylic acids is 1. The van der Waals surface area contributed by atoms with E-state index in [0.29, 0.717) is 27.6 Å². The fourth-order valence-corrected chi connectivity index (χ4v) is 5.24. The Kier molecular flexibility index (Phi) is 5.12. The molecular weight excluding hydrogens is 441 g/mol. The van der Waals surface area contributed by atoms with Crippen molar-refractivity contribution < 1.29 is 13.6 Å². The van der Waals surface area contributed by atoms with Gasteiger partial charge in [-0.25, -0.2) is 4.39 Å². The van der Waals surface area contributed by atoms with Gasteiger partial charge in [0.05, 0.1) is 17.0 Å². The van der Waals surface area contributed by atoms with Crippen molar-refractivity contribution in [1.82, 2.24) is 10.2 Å². The zero-order chi connectivity index (χ0) is 23.4. The molecule has 5 rings (SSSR count). The standard InChI is InChI=1S/C25H22FN3O3S/c1-12(2)9-19-27-28-25(33-19)29-21(15-5-7-16(26)8-6-15)20-22(30)17-10-13(3)14(4)11-18(17)32-23(20)24(29)31/h5-8,10-12,21H,9H2,1-4H3/t21-/m1/s1. The van der Waals surface area contributed by atoms with Crippen molar-refractivity contribution in [2.75, 3.05) is 4.90 Å². The van der Waals surface area contributed by atoms with Crippen LogP contribution < -0.4 is 10.3 Å². The van der Waals surface area contributed by atoms with Gasteiger partial charge in [0.2, 0.25) is 10.9 Å². The first-order valence-corrected chi connectivity index (χ1v) is 11.6. The van der Waals surface area contributed by atoms with E-state index in [0.717, 1.165) is 22.6 Å². The Morgan fingerprint density at radius 1 is 1.09 bits per heavy atom. The highest BCUT2D eigenvalue weighted by Crippen LogP contribution is 2.42. The van der Waals surface area contributed by atoms with Crippen molar-refractivity contribution in [3.05, 3.63) is 85.5 Å². The van der Waals surface area contributed by atoms with Gasteiger partial charge in [0.15, 0.2) is 5.43 Å². The third-order valence-electron chi connectivity index (χ3n) is 5.92. The summed E-state index contributed by atoms with van der Waals surface area (Å²) in [6.07, 6.45) is 0.730. The second-order valence-corrected chi connectivity index (χ2v) is 9.85. The first-order chi connectivity index (χ1) is 15.7. The molecule has 0 bridgehead atoms. The van der Waals surface area contributed by atoms with E-state index < -0.39 is 17.8 Å². The quantitative estimate of drug-likeness (QED) is 0.408. The average Bonchev–Trinajstić information content (AvgIpc) is 3.32. The normalized spacial score (nSPS) is 15.6. The first kappa shape index (κ1) is 21.5. The van der Waals surface area contributed by atoms with Gasteiger partial charge in [-0.15, -0.1) is 10.2 Å². The van der Waals surface area contributed by atoms with Crippen molar-refractivity contribution in [3.63, 3.8) is 0 Å². The molecule has 0 radical (unpaired) electrons. The van der Waals surface area contributed by atoms with Gasteiger partial charge in [-0.05, 0) is 60.7 Å². The number of carbonyl (C=O) groups is 1. The molecule has 3 heterocycles. The van der Waals surface area contributed by atoms with Crippen LogP contribution >= 0.6 is 11.3 Å². The Hall–Kier alpha value is -3.39. The van der Waals surface area contributed by atoms with E-state index in [1.165, 1.54) is 28.4 Å². The third-order valence-corrected chi connectivity index (χ3v) is 6.86. The second kappa shape index (κ2) is 7.88. The van der Waals surface area contributed by atoms with Crippen molar-refractivity contribution in [3.8, 4) is 0 Å². The minimum Gasteiger partial charge on any atom is -0.450 e. The number of rotatable bonds is 4. The van der Waals surface area contributed by atoms with Crippen LogP contribution in [0.3, 0.4) is 0 Å². The molecule has 1 amide bonds. The number of benzene rings is 2. The Balaban J connectivity index is 1.75. The lowest BCUT2D eigenvalue weighted by Crippen LogP contribution is -2.29. The topological polar surface area (TPSA) is 76.3 Å². The van der Waals surface area contributed by atoms with E-state index in [-0.39, 0.29) is 16.8 Å². The Bertz CT molecular complexity index is 1460. The van der Waals surface area contributed by atoms with Crippen molar-refractivity contribution in [2.24, 2.45) is 5.92 Å². The summed E-state index contributed by atoms with van der Waals surface area (Å²) >= 11 is 1.31. The summed E-state index contributed by atoms with van der Waals surface area (Å²) in [4.78, 5) is 28.7. The van der Waals surface area contributed by atoms with Gasteiger partial charge in [-0.3, -0.25) is 14.5 Å². The fraction of sp³-hybridized carbons (Fsp3) is 0.280. The smallest absolute Gasteiger partial charge is 0.297 e. The van der Waals surface area contributed by atoms with Gasteiger partial charge in [0.25, 0.3) is 5.91 Å². The molecule has 0 aliphatic carbocycles. The lowest BCUT2D eigenvalue weighted by Gasteiger charge is -2.22. The van der Waals surface area contributed by atoms with Crippen LogP contribution in [0.15, 0.2) is 45.6 Å². The highest BCUT2D eigenvalue weighted by Gasteiger charge is 2.45.